The summed E-state index contributed by atoms with van der Waals surface area (Å²) in [6, 6.07) is 16.3. The van der Waals surface area contributed by atoms with Crippen molar-refractivity contribution in [1.29, 1.82) is 0 Å². The van der Waals surface area contributed by atoms with Crippen LogP contribution in [0.4, 0.5) is 0 Å². The van der Waals surface area contributed by atoms with Gasteiger partial charge in [0.2, 0.25) is 5.56 Å². The fourth-order valence-electron chi connectivity index (χ4n) is 3.00. The third-order valence-electron chi connectivity index (χ3n) is 4.38. The molecule has 0 atom stereocenters. The van der Waals surface area contributed by atoms with Gasteiger partial charge < -0.3 is 14.6 Å². The van der Waals surface area contributed by atoms with E-state index in [0.29, 0.717) is 17.9 Å². The molecule has 1 amide bonds. The second-order valence-electron chi connectivity index (χ2n) is 6.46. The lowest BCUT2D eigenvalue weighted by atomic mass is 10.1. The van der Waals surface area contributed by atoms with Crippen LogP contribution in [0.1, 0.15) is 29.8 Å². The number of fused-ring (bicyclic) bond motifs is 1. The molecule has 2 aromatic carbocycles. The van der Waals surface area contributed by atoms with Crippen LogP contribution in [-0.4, -0.2) is 28.9 Å². The molecular formula is C21H22N2O3. The monoisotopic (exact) mass is 350 g/mol. The molecule has 1 heterocycles. The Kier molecular flexibility index (Phi) is 5.07. The van der Waals surface area contributed by atoms with Crippen molar-refractivity contribution in [3.8, 4) is 5.75 Å². The fourth-order valence-corrected chi connectivity index (χ4v) is 3.00. The predicted octanol–water partition coefficient (Wildman–Crippen LogP) is 3.59. The first-order valence-electron chi connectivity index (χ1n) is 8.55. The van der Waals surface area contributed by atoms with Crippen LogP contribution in [0.15, 0.2) is 59.4 Å². The summed E-state index contributed by atoms with van der Waals surface area (Å²) >= 11 is 0. The van der Waals surface area contributed by atoms with E-state index in [1.807, 2.05) is 38.1 Å². The van der Waals surface area contributed by atoms with E-state index >= 15 is 0 Å². The van der Waals surface area contributed by atoms with Crippen LogP contribution in [-0.2, 0) is 6.54 Å². The molecular weight excluding hydrogens is 328 g/mol. The second kappa shape index (κ2) is 7.44. The van der Waals surface area contributed by atoms with E-state index in [4.69, 9.17) is 4.74 Å². The standard InChI is InChI=1S/C21H22N2O3/c1-14(2)23(21(25)15-7-6-8-17(11-15)26-3)13-16-12-20(24)22-19-10-5-4-9-18(16)19/h4-12,14H,13H2,1-3H3,(H,22,24). The molecule has 3 rings (SSSR count). The number of amides is 1. The number of aromatic amines is 1. The number of para-hydroxylation sites is 1. The molecule has 0 saturated carbocycles. The maximum absolute atomic E-state index is 13.1. The van der Waals surface area contributed by atoms with Crippen molar-refractivity contribution in [2.75, 3.05) is 7.11 Å². The van der Waals surface area contributed by atoms with E-state index in [1.165, 1.54) is 0 Å². The minimum atomic E-state index is -0.170. The zero-order valence-corrected chi connectivity index (χ0v) is 15.2. The molecule has 5 nitrogen and oxygen atoms in total. The van der Waals surface area contributed by atoms with Gasteiger partial charge in [0.25, 0.3) is 5.91 Å². The summed E-state index contributed by atoms with van der Waals surface area (Å²) in [6.07, 6.45) is 0. The summed E-state index contributed by atoms with van der Waals surface area (Å²) in [5, 5.41) is 0.941. The number of pyridine rings is 1. The summed E-state index contributed by atoms with van der Waals surface area (Å²) in [5.41, 5.74) is 1.99. The summed E-state index contributed by atoms with van der Waals surface area (Å²) in [5.74, 6) is 0.546. The van der Waals surface area contributed by atoms with Crippen molar-refractivity contribution in [2.24, 2.45) is 0 Å². The molecule has 0 radical (unpaired) electrons. The normalized spacial score (nSPS) is 10.9. The molecule has 0 aliphatic heterocycles. The molecule has 134 valence electrons. The highest BCUT2D eigenvalue weighted by Crippen LogP contribution is 2.21. The van der Waals surface area contributed by atoms with Gasteiger partial charge in [0.1, 0.15) is 5.75 Å². The van der Waals surface area contributed by atoms with Gasteiger partial charge in [0.05, 0.1) is 7.11 Å². The summed E-state index contributed by atoms with van der Waals surface area (Å²) in [4.78, 5) is 29.7. The zero-order chi connectivity index (χ0) is 18.7. The minimum absolute atomic E-state index is 0.0215. The van der Waals surface area contributed by atoms with Crippen molar-refractivity contribution in [3.63, 3.8) is 0 Å². The average molecular weight is 350 g/mol. The van der Waals surface area contributed by atoms with E-state index in [2.05, 4.69) is 4.98 Å². The molecule has 26 heavy (non-hydrogen) atoms. The number of nitrogens with zero attached hydrogens (tertiary/aromatic N) is 1. The molecule has 0 fully saturated rings. The number of nitrogens with one attached hydrogen (secondary N) is 1. The molecule has 0 unspecified atom stereocenters. The van der Waals surface area contributed by atoms with Crippen molar-refractivity contribution in [1.82, 2.24) is 9.88 Å². The lowest BCUT2D eigenvalue weighted by Crippen LogP contribution is -2.36. The third kappa shape index (κ3) is 3.61. The van der Waals surface area contributed by atoms with Gasteiger partial charge in [0.15, 0.2) is 0 Å². The number of rotatable bonds is 5. The molecule has 0 bridgehead atoms. The van der Waals surface area contributed by atoms with Crippen LogP contribution in [0.3, 0.4) is 0 Å². The van der Waals surface area contributed by atoms with Gasteiger partial charge in [-0.1, -0.05) is 24.3 Å². The summed E-state index contributed by atoms with van der Waals surface area (Å²) < 4.78 is 5.22. The lowest BCUT2D eigenvalue weighted by Gasteiger charge is -2.27. The van der Waals surface area contributed by atoms with E-state index in [0.717, 1.165) is 16.5 Å². The van der Waals surface area contributed by atoms with Crippen molar-refractivity contribution in [3.05, 3.63) is 76.1 Å². The zero-order valence-electron chi connectivity index (χ0n) is 15.2. The number of hydrogen-bond acceptors (Lipinski definition) is 3. The number of carbonyl (C=O) groups is 1. The van der Waals surface area contributed by atoms with Crippen LogP contribution in [0.5, 0.6) is 5.75 Å². The summed E-state index contributed by atoms with van der Waals surface area (Å²) in [6.45, 7) is 4.29. The highest BCUT2D eigenvalue weighted by molar-refractivity contribution is 5.95. The Bertz CT molecular complexity index is 992. The molecule has 1 N–H and O–H groups in total. The Morgan fingerprint density at radius 3 is 2.62 bits per heavy atom. The van der Waals surface area contributed by atoms with Crippen LogP contribution >= 0.6 is 0 Å². The maximum Gasteiger partial charge on any atom is 0.254 e. The van der Waals surface area contributed by atoms with Crippen LogP contribution < -0.4 is 10.3 Å². The Morgan fingerprint density at radius 2 is 1.88 bits per heavy atom. The first-order chi connectivity index (χ1) is 12.5. The quantitative estimate of drug-likeness (QED) is 0.765. The Balaban J connectivity index is 1.99. The SMILES string of the molecule is COc1cccc(C(=O)N(Cc2cc(=O)[nH]c3ccccc23)C(C)C)c1. The van der Waals surface area contributed by atoms with Crippen molar-refractivity contribution < 1.29 is 9.53 Å². The predicted molar refractivity (Wildman–Crippen MR) is 103 cm³/mol. The van der Waals surface area contributed by atoms with Crippen LogP contribution in [0.25, 0.3) is 10.9 Å². The third-order valence-corrected chi connectivity index (χ3v) is 4.38. The number of carbonyl (C=O) groups excluding carboxylic acids is 1. The first-order valence-corrected chi connectivity index (χ1v) is 8.55. The van der Waals surface area contributed by atoms with Gasteiger partial charge in [-0.25, -0.2) is 0 Å². The first kappa shape index (κ1) is 17.7. The smallest absolute Gasteiger partial charge is 0.254 e. The van der Waals surface area contributed by atoms with Crippen LogP contribution in [0.2, 0.25) is 0 Å². The van der Waals surface area contributed by atoms with E-state index in [1.54, 1.807) is 42.3 Å². The molecule has 0 aliphatic rings. The molecule has 0 saturated heterocycles. The van der Waals surface area contributed by atoms with Gasteiger partial charge in [-0.15, -0.1) is 0 Å². The molecule has 1 aromatic heterocycles. The molecule has 0 aliphatic carbocycles. The van der Waals surface area contributed by atoms with Crippen LogP contribution in [0, 0.1) is 0 Å². The van der Waals surface area contributed by atoms with E-state index < -0.39 is 0 Å². The Morgan fingerprint density at radius 1 is 1.12 bits per heavy atom. The number of benzene rings is 2. The largest absolute Gasteiger partial charge is 0.497 e. The number of H-pyrrole nitrogens is 1. The molecule has 0 spiro atoms. The van der Waals surface area contributed by atoms with E-state index in [-0.39, 0.29) is 17.5 Å². The van der Waals surface area contributed by atoms with Gasteiger partial charge in [0, 0.05) is 35.1 Å². The lowest BCUT2D eigenvalue weighted by molar-refractivity contribution is 0.0690. The molecule has 3 aromatic rings. The average Bonchev–Trinajstić information content (AvgIpc) is 2.65. The highest BCUT2D eigenvalue weighted by atomic mass is 16.5. The number of hydrogen-bond donors (Lipinski definition) is 1. The fraction of sp³-hybridized carbons (Fsp3) is 0.238. The minimum Gasteiger partial charge on any atom is -0.497 e. The summed E-state index contributed by atoms with van der Waals surface area (Å²) in [7, 11) is 1.58. The van der Waals surface area contributed by atoms with Crippen molar-refractivity contribution in [2.45, 2.75) is 26.4 Å². The van der Waals surface area contributed by atoms with E-state index in [9.17, 15) is 9.59 Å². The number of ether oxygens (including phenoxy) is 1. The second-order valence-corrected chi connectivity index (χ2v) is 6.46. The van der Waals surface area contributed by atoms with Gasteiger partial charge in [-0.3, -0.25) is 9.59 Å². The Hall–Kier alpha value is -3.08. The maximum atomic E-state index is 13.1. The number of methoxy groups -OCH3 is 1. The van der Waals surface area contributed by atoms with Gasteiger partial charge >= 0.3 is 0 Å². The molecule has 5 heteroatoms. The topological polar surface area (TPSA) is 62.4 Å². The Labute approximate surface area is 152 Å². The van der Waals surface area contributed by atoms with Crippen molar-refractivity contribution >= 4 is 16.8 Å². The van der Waals surface area contributed by atoms with Gasteiger partial charge in [-0.05, 0) is 43.7 Å². The highest BCUT2D eigenvalue weighted by Gasteiger charge is 2.20. The van der Waals surface area contributed by atoms with Gasteiger partial charge in [-0.2, -0.15) is 0 Å². The number of aromatic nitrogens is 1.